The maximum atomic E-state index is 11.5. The number of para-hydroxylation sites is 1. The minimum atomic E-state index is 0.156. The van der Waals surface area contributed by atoms with E-state index in [1.54, 1.807) is 6.92 Å². The van der Waals surface area contributed by atoms with Crippen LogP contribution in [0.25, 0.3) is 0 Å². The van der Waals surface area contributed by atoms with Crippen LogP contribution >= 0.6 is 11.8 Å². The molecule has 80 valence electrons. The van der Waals surface area contributed by atoms with Crippen molar-refractivity contribution in [1.29, 1.82) is 0 Å². The quantitative estimate of drug-likeness (QED) is 0.715. The van der Waals surface area contributed by atoms with Crippen LogP contribution in [0.2, 0.25) is 0 Å². The van der Waals surface area contributed by atoms with Gasteiger partial charge in [-0.2, -0.15) is 11.8 Å². The van der Waals surface area contributed by atoms with Gasteiger partial charge in [-0.15, -0.1) is 0 Å². The molecule has 15 heavy (non-hydrogen) atoms. The van der Waals surface area contributed by atoms with Crippen molar-refractivity contribution in [1.82, 2.24) is 0 Å². The molecule has 1 fully saturated rings. The third kappa shape index (κ3) is 2.34. The van der Waals surface area contributed by atoms with E-state index in [1.165, 1.54) is 0 Å². The maximum absolute atomic E-state index is 11.5. The average molecular weight is 221 g/mol. The number of carbonyl (C=O) groups excluding carboxylic acids is 1. The lowest BCUT2D eigenvalue weighted by Gasteiger charge is -2.29. The minimum absolute atomic E-state index is 0.156. The van der Waals surface area contributed by atoms with Crippen LogP contribution in [0.4, 0.5) is 5.69 Å². The second kappa shape index (κ2) is 4.71. The summed E-state index contributed by atoms with van der Waals surface area (Å²) in [7, 11) is 0. The normalized spacial score (nSPS) is 16.5. The molecule has 0 amide bonds. The summed E-state index contributed by atoms with van der Waals surface area (Å²) >= 11 is 1.98. The van der Waals surface area contributed by atoms with Crippen molar-refractivity contribution in [2.24, 2.45) is 0 Å². The summed E-state index contributed by atoms with van der Waals surface area (Å²) in [5, 5.41) is 0. The van der Waals surface area contributed by atoms with Crippen LogP contribution in [0, 0.1) is 0 Å². The lowest BCUT2D eigenvalue weighted by atomic mass is 10.1. The Labute approximate surface area is 94.7 Å². The molecule has 1 aliphatic rings. The van der Waals surface area contributed by atoms with Crippen LogP contribution in [0.1, 0.15) is 17.3 Å². The highest BCUT2D eigenvalue weighted by atomic mass is 32.2. The zero-order valence-corrected chi connectivity index (χ0v) is 9.72. The average Bonchev–Trinajstić information content (AvgIpc) is 2.30. The van der Waals surface area contributed by atoms with Gasteiger partial charge in [-0.3, -0.25) is 4.79 Å². The molecule has 0 N–H and O–H groups in total. The van der Waals surface area contributed by atoms with Gasteiger partial charge in [0.05, 0.1) is 0 Å². The number of rotatable bonds is 2. The van der Waals surface area contributed by atoms with Gasteiger partial charge in [0, 0.05) is 35.8 Å². The predicted octanol–water partition coefficient (Wildman–Crippen LogP) is 2.44. The van der Waals surface area contributed by atoms with Crippen molar-refractivity contribution in [3.05, 3.63) is 29.8 Å². The molecule has 0 aliphatic carbocycles. The summed E-state index contributed by atoms with van der Waals surface area (Å²) in [6.07, 6.45) is 0. The van der Waals surface area contributed by atoms with E-state index in [0.717, 1.165) is 35.8 Å². The minimum Gasteiger partial charge on any atom is -0.369 e. The maximum Gasteiger partial charge on any atom is 0.161 e. The first kappa shape index (κ1) is 10.6. The topological polar surface area (TPSA) is 20.3 Å². The first-order valence-corrected chi connectivity index (χ1v) is 6.37. The van der Waals surface area contributed by atoms with Gasteiger partial charge in [0.2, 0.25) is 0 Å². The second-order valence-corrected chi connectivity index (χ2v) is 4.90. The van der Waals surface area contributed by atoms with E-state index in [4.69, 9.17) is 0 Å². The highest BCUT2D eigenvalue weighted by molar-refractivity contribution is 7.99. The lowest BCUT2D eigenvalue weighted by Crippen LogP contribution is -2.33. The third-order valence-corrected chi connectivity index (χ3v) is 3.58. The molecule has 1 aromatic carbocycles. The van der Waals surface area contributed by atoms with Gasteiger partial charge in [0.15, 0.2) is 5.78 Å². The molecule has 0 spiro atoms. The Bertz CT molecular complexity index is 358. The van der Waals surface area contributed by atoms with Gasteiger partial charge in [0.25, 0.3) is 0 Å². The molecule has 1 heterocycles. The molecule has 0 radical (unpaired) electrons. The monoisotopic (exact) mass is 221 g/mol. The highest BCUT2D eigenvalue weighted by Crippen LogP contribution is 2.23. The first-order chi connectivity index (χ1) is 7.29. The molecule has 0 bridgehead atoms. The Morgan fingerprint density at radius 1 is 1.27 bits per heavy atom. The van der Waals surface area contributed by atoms with E-state index < -0.39 is 0 Å². The van der Waals surface area contributed by atoms with Gasteiger partial charge >= 0.3 is 0 Å². The van der Waals surface area contributed by atoms with E-state index in [-0.39, 0.29) is 5.78 Å². The van der Waals surface area contributed by atoms with Crippen LogP contribution in [0.5, 0.6) is 0 Å². The van der Waals surface area contributed by atoms with E-state index >= 15 is 0 Å². The largest absolute Gasteiger partial charge is 0.369 e. The van der Waals surface area contributed by atoms with E-state index in [2.05, 4.69) is 4.90 Å². The number of Topliss-reactive ketones (excluding diaryl/α,β-unsaturated/α-hetero) is 1. The van der Waals surface area contributed by atoms with Crippen LogP contribution in [-0.4, -0.2) is 30.4 Å². The van der Waals surface area contributed by atoms with Crippen molar-refractivity contribution < 1.29 is 4.79 Å². The lowest BCUT2D eigenvalue weighted by molar-refractivity contribution is 0.101. The van der Waals surface area contributed by atoms with Gasteiger partial charge in [0.1, 0.15) is 0 Å². The number of hydrogen-bond acceptors (Lipinski definition) is 3. The SMILES string of the molecule is CC(=O)c1ccccc1N1CCSCC1. The van der Waals surface area contributed by atoms with Crippen LogP contribution in [-0.2, 0) is 0 Å². The number of anilines is 1. The van der Waals surface area contributed by atoms with Crippen molar-refractivity contribution >= 4 is 23.2 Å². The first-order valence-electron chi connectivity index (χ1n) is 5.21. The summed E-state index contributed by atoms with van der Waals surface area (Å²) in [5.41, 5.74) is 1.95. The Morgan fingerprint density at radius 3 is 2.60 bits per heavy atom. The van der Waals surface area contributed by atoms with E-state index in [9.17, 15) is 4.79 Å². The summed E-state index contributed by atoms with van der Waals surface area (Å²) in [4.78, 5) is 13.8. The number of nitrogens with zero attached hydrogens (tertiary/aromatic N) is 1. The van der Waals surface area contributed by atoms with Crippen molar-refractivity contribution in [3.63, 3.8) is 0 Å². The number of benzene rings is 1. The van der Waals surface area contributed by atoms with Gasteiger partial charge in [-0.1, -0.05) is 12.1 Å². The second-order valence-electron chi connectivity index (χ2n) is 3.67. The third-order valence-electron chi connectivity index (χ3n) is 2.64. The number of thioether (sulfide) groups is 1. The molecule has 0 unspecified atom stereocenters. The number of carbonyl (C=O) groups is 1. The van der Waals surface area contributed by atoms with Gasteiger partial charge in [-0.05, 0) is 19.1 Å². The molecular weight excluding hydrogens is 206 g/mol. The fraction of sp³-hybridized carbons (Fsp3) is 0.417. The summed E-state index contributed by atoms with van der Waals surface area (Å²) in [6.45, 7) is 3.74. The van der Waals surface area contributed by atoms with Crippen LogP contribution < -0.4 is 4.90 Å². The standard InChI is InChI=1S/C12H15NOS/c1-10(14)11-4-2-3-5-12(11)13-6-8-15-9-7-13/h2-5H,6-9H2,1H3. The fourth-order valence-corrected chi connectivity index (χ4v) is 2.75. The molecule has 0 atom stereocenters. The van der Waals surface area contributed by atoms with Crippen LogP contribution in [0.15, 0.2) is 24.3 Å². The Hall–Kier alpha value is -0.960. The smallest absolute Gasteiger partial charge is 0.161 e. The molecule has 0 aromatic heterocycles. The van der Waals surface area contributed by atoms with Gasteiger partial charge in [-0.25, -0.2) is 0 Å². The van der Waals surface area contributed by atoms with Crippen molar-refractivity contribution in [2.75, 3.05) is 29.5 Å². The van der Waals surface area contributed by atoms with E-state index in [0.29, 0.717) is 0 Å². The fourth-order valence-electron chi connectivity index (χ4n) is 1.85. The zero-order chi connectivity index (χ0) is 10.7. The summed E-state index contributed by atoms with van der Waals surface area (Å²) < 4.78 is 0. The van der Waals surface area contributed by atoms with Crippen molar-refractivity contribution in [3.8, 4) is 0 Å². The molecule has 2 rings (SSSR count). The molecular formula is C12H15NOS. The molecule has 1 saturated heterocycles. The Kier molecular flexibility index (Phi) is 3.31. The highest BCUT2D eigenvalue weighted by Gasteiger charge is 2.15. The predicted molar refractivity (Wildman–Crippen MR) is 66.0 cm³/mol. The Morgan fingerprint density at radius 2 is 1.93 bits per heavy atom. The summed E-state index contributed by atoms with van der Waals surface area (Å²) in [6, 6.07) is 7.90. The van der Waals surface area contributed by atoms with Crippen molar-refractivity contribution in [2.45, 2.75) is 6.92 Å². The zero-order valence-electron chi connectivity index (χ0n) is 8.90. The molecule has 1 aliphatic heterocycles. The molecule has 3 heteroatoms. The van der Waals surface area contributed by atoms with Gasteiger partial charge < -0.3 is 4.90 Å². The van der Waals surface area contributed by atoms with E-state index in [1.807, 2.05) is 36.0 Å². The molecule has 0 saturated carbocycles. The Balaban J connectivity index is 2.29. The molecule has 2 nitrogen and oxygen atoms in total. The summed E-state index contributed by atoms with van der Waals surface area (Å²) in [5.74, 6) is 2.47. The number of hydrogen-bond donors (Lipinski definition) is 0. The number of ketones is 1. The molecule has 1 aromatic rings. The van der Waals surface area contributed by atoms with Crippen LogP contribution in [0.3, 0.4) is 0 Å².